The minimum absolute atomic E-state index is 0.170. The van der Waals surface area contributed by atoms with Crippen LogP contribution in [0.3, 0.4) is 0 Å². The minimum atomic E-state index is -3.61. The highest BCUT2D eigenvalue weighted by Gasteiger charge is 2.28. The molecule has 128 valence electrons. The van der Waals surface area contributed by atoms with Crippen molar-refractivity contribution in [3.8, 4) is 11.5 Å². The van der Waals surface area contributed by atoms with Gasteiger partial charge in [0.2, 0.25) is 16.4 Å². The van der Waals surface area contributed by atoms with E-state index in [1.165, 1.54) is 16.4 Å². The van der Waals surface area contributed by atoms with Crippen molar-refractivity contribution in [3.63, 3.8) is 0 Å². The highest BCUT2D eigenvalue weighted by atomic mass is 32.2. The van der Waals surface area contributed by atoms with E-state index >= 15 is 0 Å². The molecule has 1 aliphatic rings. The van der Waals surface area contributed by atoms with Crippen LogP contribution in [-0.2, 0) is 14.8 Å². The Morgan fingerprint density at radius 1 is 1.04 bits per heavy atom. The molecule has 0 N–H and O–H groups in total. The molecule has 0 spiro atoms. The van der Waals surface area contributed by atoms with E-state index in [1.54, 1.807) is 11.0 Å². The number of nitrogens with zero attached hydrogens (tertiary/aromatic N) is 2. The molecular formula is C15H22N2O5S. The summed E-state index contributed by atoms with van der Waals surface area (Å²) < 4.78 is 37.8. The molecule has 1 aliphatic heterocycles. The van der Waals surface area contributed by atoms with E-state index in [0.29, 0.717) is 37.8 Å². The second kappa shape index (κ2) is 7.65. The number of hydrogen-bond donors (Lipinski definition) is 0. The first-order chi connectivity index (χ1) is 11.0. The zero-order valence-corrected chi connectivity index (χ0v) is 14.2. The highest BCUT2D eigenvalue weighted by molar-refractivity contribution is 7.89. The molecule has 0 saturated carbocycles. The van der Waals surface area contributed by atoms with Crippen LogP contribution in [0.5, 0.6) is 11.5 Å². The Balaban J connectivity index is 2.25. The lowest BCUT2D eigenvalue weighted by molar-refractivity contribution is -0.119. The lowest BCUT2D eigenvalue weighted by Gasteiger charge is -2.31. The fourth-order valence-electron chi connectivity index (χ4n) is 2.39. The zero-order valence-electron chi connectivity index (χ0n) is 13.4. The molecule has 0 bridgehead atoms. The van der Waals surface area contributed by atoms with Crippen LogP contribution in [0.2, 0.25) is 0 Å². The van der Waals surface area contributed by atoms with Crippen LogP contribution in [0, 0.1) is 0 Å². The molecule has 7 nitrogen and oxygen atoms in total. The number of amides is 1. The van der Waals surface area contributed by atoms with Gasteiger partial charge in [-0.15, -0.1) is 0 Å². The van der Waals surface area contributed by atoms with Crippen LogP contribution in [0.25, 0.3) is 0 Å². The van der Waals surface area contributed by atoms with E-state index in [9.17, 15) is 13.2 Å². The summed E-state index contributed by atoms with van der Waals surface area (Å²) in [4.78, 5) is 12.5. The molecule has 1 saturated heterocycles. The van der Waals surface area contributed by atoms with Crippen molar-refractivity contribution in [1.82, 2.24) is 9.21 Å². The normalized spacial score (nSPS) is 16.2. The molecule has 1 fully saturated rings. The van der Waals surface area contributed by atoms with E-state index in [4.69, 9.17) is 9.47 Å². The number of sulfonamides is 1. The highest BCUT2D eigenvalue weighted by Crippen LogP contribution is 2.31. The quantitative estimate of drug-likeness (QED) is 0.690. The van der Waals surface area contributed by atoms with Crippen molar-refractivity contribution in [2.75, 3.05) is 39.4 Å². The summed E-state index contributed by atoms with van der Waals surface area (Å²) in [5, 5.41) is 0. The van der Waals surface area contributed by atoms with E-state index in [1.807, 2.05) is 13.8 Å². The Kier molecular flexibility index (Phi) is 5.84. The molecule has 0 aromatic heterocycles. The van der Waals surface area contributed by atoms with Crippen LogP contribution in [-0.4, -0.2) is 63.4 Å². The maximum atomic E-state index is 12.7. The number of rotatable bonds is 7. The first kappa shape index (κ1) is 17.6. The Hall–Kier alpha value is -1.80. The van der Waals surface area contributed by atoms with Gasteiger partial charge in [0.15, 0.2) is 11.5 Å². The SMILES string of the molecule is CCOc1ccc(S(=O)(=O)N2CCN(C=O)CC2)cc1OCC. The van der Waals surface area contributed by atoms with Crippen molar-refractivity contribution in [2.24, 2.45) is 0 Å². The standard InChI is InChI=1S/C15H22N2O5S/c1-3-21-14-6-5-13(11-15(14)22-4-2)23(19,20)17-9-7-16(12-18)8-10-17/h5-6,11-12H,3-4,7-10H2,1-2H3. The largest absolute Gasteiger partial charge is 0.490 e. The monoisotopic (exact) mass is 342 g/mol. The smallest absolute Gasteiger partial charge is 0.243 e. The Morgan fingerprint density at radius 2 is 1.65 bits per heavy atom. The number of piperazine rings is 1. The second-order valence-electron chi connectivity index (χ2n) is 5.02. The predicted octanol–water partition coefficient (Wildman–Crippen LogP) is 0.947. The molecular weight excluding hydrogens is 320 g/mol. The summed E-state index contributed by atoms with van der Waals surface area (Å²) in [6, 6.07) is 4.63. The van der Waals surface area contributed by atoms with E-state index in [2.05, 4.69) is 0 Å². The van der Waals surface area contributed by atoms with Crippen molar-refractivity contribution >= 4 is 16.4 Å². The number of carbonyl (C=O) groups is 1. The maximum Gasteiger partial charge on any atom is 0.243 e. The van der Waals surface area contributed by atoms with Crippen LogP contribution in [0.1, 0.15) is 13.8 Å². The number of ether oxygens (including phenoxy) is 2. The van der Waals surface area contributed by atoms with Crippen LogP contribution in [0.4, 0.5) is 0 Å². The maximum absolute atomic E-state index is 12.7. The van der Waals surface area contributed by atoms with Gasteiger partial charge < -0.3 is 14.4 Å². The Labute approximate surface area is 136 Å². The second-order valence-corrected chi connectivity index (χ2v) is 6.96. The van der Waals surface area contributed by atoms with Crippen LogP contribution < -0.4 is 9.47 Å². The zero-order chi connectivity index (χ0) is 16.9. The summed E-state index contributed by atoms with van der Waals surface area (Å²) in [7, 11) is -3.61. The number of benzene rings is 1. The molecule has 1 heterocycles. The fraction of sp³-hybridized carbons (Fsp3) is 0.533. The third-order valence-electron chi connectivity index (χ3n) is 3.57. The lowest BCUT2D eigenvalue weighted by Crippen LogP contribution is -2.47. The van der Waals surface area contributed by atoms with Crippen molar-refractivity contribution in [2.45, 2.75) is 18.7 Å². The van der Waals surface area contributed by atoms with Crippen molar-refractivity contribution < 1.29 is 22.7 Å². The molecule has 0 unspecified atom stereocenters. The van der Waals surface area contributed by atoms with Crippen LogP contribution in [0.15, 0.2) is 23.1 Å². The summed E-state index contributed by atoms with van der Waals surface area (Å²) in [6.45, 7) is 5.95. The predicted molar refractivity (Wildman–Crippen MR) is 85.2 cm³/mol. The van der Waals surface area contributed by atoms with Gasteiger partial charge in [-0.3, -0.25) is 4.79 Å². The van der Waals surface area contributed by atoms with Gasteiger partial charge in [0.05, 0.1) is 18.1 Å². The minimum Gasteiger partial charge on any atom is -0.490 e. The van der Waals surface area contributed by atoms with Gasteiger partial charge in [0, 0.05) is 32.2 Å². The first-order valence-electron chi connectivity index (χ1n) is 7.62. The van der Waals surface area contributed by atoms with E-state index < -0.39 is 10.0 Å². The third kappa shape index (κ3) is 3.94. The molecule has 23 heavy (non-hydrogen) atoms. The molecule has 0 radical (unpaired) electrons. The van der Waals surface area contributed by atoms with Gasteiger partial charge >= 0.3 is 0 Å². The Bertz CT molecular complexity index is 639. The molecule has 1 aromatic rings. The third-order valence-corrected chi connectivity index (χ3v) is 5.47. The van der Waals surface area contributed by atoms with Crippen molar-refractivity contribution in [1.29, 1.82) is 0 Å². The molecule has 0 atom stereocenters. The Morgan fingerprint density at radius 3 is 2.22 bits per heavy atom. The molecule has 2 rings (SSSR count). The topological polar surface area (TPSA) is 76.2 Å². The summed E-state index contributed by atoms with van der Waals surface area (Å²) in [5.41, 5.74) is 0. The number of carbonyl (C=O) groups excluding carboxylic acids is 1. The first-order valence-corrected chi connectivity index (χ1v) is 9.06. The molecule has 8 heteroatoms. The van der Waals surface area contributed by atoms with E-state index in [-0.39, 0.29) is 18.0 Å². The van der Waals surface area contributed by atoms with Crippen LogP contribution >= 0.6 is 0 Å². The van der Waals surface area contributed by atoms with Gasteiger partial charge in [-0.2, -0.15) is 4.31 Å². The summed E-state index contributed by atoms with van der Waals surface area (Å²) in [6.07, 6.45) is 0.744. The van der Waals surface area contributed by atoms with E-state index in [0.717, 1.165) is 6.41 Å². The average molecular weight is 342 g/mol. The van der Waals surface area contributed by atoms with Gasteiger partial charge in [-0.25, -0.2) is 8.42 Å². The summed E-state index contributed by atoms with van der Waals surface area (Å²) in [5.74, 6) is 0.945. The molecule has 1 aromatic carbocycles. The van der Waals surface area contributed by atoms with Gasteiger partial charge in [0.1, 0.15) is 0 Å². The average Bonchev–Trinajstić information content (AvgIpc) is 2.57. The lowest BCUT2D eigenvalue weighted by atomic mass is 10.3. The molecule has 1 amide bonds. The summed E-state index contributed by atoms with van der Waals surface area (Å²) >= 11 is 0. The van der Waals surface area contributed by atoms with Gasteiger partial charge in [-0.1, -0.05) is 0 Å². The fourth-order valence-corrected chi connectivity index (χ4v) is 3.83. The van der Waals surface area contributed by atoms with Gasteiger partial charge in [-0.05, 0) is 26.0 Å². The molecule has 0 aliphatic carbocycles. The van der Waals surface area contributed by atoms with Crippen molar-refractivity contribution in [3.05, 3.63) is 18.2 Å². The number of hydrogen-bond acceptors (Lipinski definition) is 5. The van der Waals surface area contributed by atoms with Gasteiger partial charge in [0.25, 0.3) is 0 Å².